The molecule has 1 aliphatic heterocycles. The lowest BCUT2D eigenvalue weighted by atomic mass is 10.0. The number of hydrogen-bond donors (Lipinski definition) is 0. The summed E-state index contributed by atoms with van der Waals surface area (Å²) in [4.78, 5) is 25.0. The monoisotopic (exact) mass is 411 g/mol. The van der Waals surface area contributed by atoms with Crippen LogP contribution < -0.4 is 0 Å². The van der Waals surface area contributed by atoms with Crippen LogP contribution in [0.1, 0.15) is 34.3 Å². The van der Waals surface area contributed by atoms with Gasteiger partial charge in [0.05, 0.1) is 12.0 Å². The lowest BCUT2D eigenvalue weighted by Gasteiger charge is -2.19. The third kappa shape index (κ3) is 3.95. The van der Waals surface area contributed by atoms with Crippen molar-refractivity contribution in [1.29, 1.82) is 0 Å². The second-order valence-electron chi connectivity index (χ2n) is 6.61. The fourth-order valence-corrected chi connectivity index (χ4v) is 3.33. The van der Waals surface area contributed by atoms with Crippen LogP contribution in [0.25, 0.3) is 0 Å². The quantitative estimate of drug-likeness (QED) is 0.598. The second-order valence-corrected chi connectivity index (χ2v) is 7.04. The van der Waals surface area contributed by atoms with E-state index in [4.69, 9.17) is 20.8 Å². The normalized spacial score (nSPS) is 16.0. The number of rotatable bonds is 5. The average Bonchev–Trinajstić information content (AvgIpc) is 3.46. The first-order chi connectivity index (χ1) is 14.0. The maximum Gasteiger partial charge on any atom is 0.355 e. The Hall–Kier alpha value is -3.32. The van der Waals surface area contributed by atoms with E-state index in [0.717, 1.165) is 11.3 Å². The minimum Gasteiger partial charge on any atom is -0.467 e. The molecule has 1 amide bonds. The zero-order valence-corrected chi connectivity index (χ0v) is 16.4. The molecule has 3 heterocycles. The Morgan fingerprint density at radius 3 is 2.66 bits per heavy atom. The van der Waals surface area contributed by atoms with Crippen LogP contribution in [0.15, 0.2) is 70.5 Å². The lowest BCUT2D eigenvalue weighted by molar-refractivity contribution is -0.136. The number of aromatic nitrogens is 1. The van der Waals surface area contributed by atoms with Gasteiger partial charge in [-0.15, -0.1) is 0 Å². The average molecular weight is 412 g/mol. The molecular formula is C21H18ClN3O4. The summed E-state index contributed by atoms with van der Waals surface area (Å²) in [6, 6.07) is 13.8. The highest BCUT2D eigenvalue weighted by Gasteiger charge is 2.35. The summed E-state index contributed by atoms with van der Waals surface area (Å²) < 4.78 is 12.3. The molecule has 0 saturated heterocycles. The van der Waals surface area contributed by atoms with E-state index >= 15 is 0 Å². The van der Waals surface area contributed by atoms with Crippen molar-refractivity contribution in [2.24, 2.45) is 12.1 Å². The van der Waals surface area contributed by atoms with Gasteiger partial charge in [0.15, 0.2) is 6.61 Å². The Labute approximate surface area is 172 Å². The van der Waals surface area contributed by atoms with Gasteiger partial charge in [-0.1, -0.05) is 23.7 Å². The molecule has 29 heavy (non-hydrogen) atoms. The third-order valence-electron chi connectivity index (χ3n) is 4.69. The molecule has 1 aromatic carbocycles. The number of amides is 1. The van der Waals surface area contributed by atoms with Gasteiger partial charge < -0.3 is 13.7 Å². The summed E-state index contributed by atoms with van der Waals surface area (Å²) in [5, 5.41) is 6.43. The van der Waals surface area contributed by atoms with Crippen molar-refractivity contribution in [1.82, 2.24) is 9.58 Å². The van der Waals surface area contributed by atoms with Crippen LogP contribution in [0.3, 0.4) is 0 Å². The Kier molecular flexibility index (Phi) is 5.22. The van der Waals surface area contributed by atoms with Gasteiger partial charge in [0.1, 0.15) is 17.5 Å². The highest BCUT2D eigenvalue weighted by molar-refractivity contribution is 6.30. The molecule has 0 bridgehead atoms. The number of nitrogens with zero attached hydrogens (tertiary/aromatic N) is 3. The van der Waals surface area contributed by atoms with Crippen LogP contribution in [-0.2, 0) is 16.6 Å². The van der Waals surface area contributed by atoms with Crippen LogP contribution in [0, 0.1) is 0 Å². The predicted octanol–water partition coefficient (Wildman–Crippen LogP) is 3.81. The number of esters is 1. The van der Waals surface area contributed by atoms with E-state index in [1.165, 1.54) is 5.01 Å². The van der Waals surface area contributed by atoms with Crippen molar-refractivity contribution in [2.75, 3.05) is 6.61 Å². The molecule has 0 N–H and O–H groups in total. The molecule has 7 nitrogen and oxygen atoms in total. The van der Waals surface area contributed by atoms with Crippen molar-refractivity contribution >= 4 is 29.2 Å². The fraction of sp³-hybridized carbons (Fsp3) is 0.190. The van der Waals surface area contributed by atoms with Crippen LogP contribution in [-0.4, -0.2) is 33.8 Å². The predicted molar refractivity (Wildman–Crippen MR) is 107 cm³/mol. The van der Waals surface area contributed by atoms with Gasteiger partial charge in [0.2, 0.25) is 0 Å². The van der Waals surface area contributed by atoms with Crippen LogP contribution in [0.4, 0.5) is 0 Å². The number of carbonyl (C=O) groups excluding carboxylic acids is 2. The van der Waals surface area contributed by atoms with Gasteiger partial charge in [-0.2, -0.15) is 5.10 Å². The first kappa shape index (κ1) is 19.0. The van der Waals surface area contributed by atoms with Gasteiger partial charge in [-0.3, -0.25) is 4.79 Å². The van der Waals surface area contributed by atoms with Crippen LogP contribution in [0.5, 0.6) is 0 Å². The summed E-state index contributed by atoms with van der Waals surface area (Å²) in [5.41, 5.74) is 1.96. The number of hydrazone groups is 1. The van der Waals surface area contributed by atoms with E-state index in [0.29, 0.717) is 22.9 Å². The van der Waals surface area contributed by atoms with Crippen molar-refractivity contribution in [3.8, 4) is 0 Å². The zero-order chi connectivity index (χ0) is 20.4. The maximum absolute atomic E-state index is 12.8. The van der Waals surface area contributed by atoms with Gasteiger partial charge in [-0.25, -0.2) is 9.80 Å². The molecule has 3 aromatic rings. The van der Waals surface area contributed by atoms with Gasteiger partial charge >= 0.3 is 5.97 Å². The maximum atomic E-state index is 12.8. The van der Waals surface area contributed by atoms with Crippen LogP contribution in [0.2, 0.25) is 5.02 Å². The van der Waals surface area contributed by atoms with E-state index < -0.39 is 24.5 Å². The zero-order valence-electron chi connectivity index (χ0n) is 15.6. The van der Waals surface area contributed by atoms with E-state index in [2.05, 4.69) is 5.10 Å². The lowest BCUT2D eigenvalue weighted by Crippen LogP contribution is -2.31. The first-order valence-corrected chi connectivity index (χ1v) is 9.38. The van der Waals surface area contributed by atoms with E-state index in [9.17, 15) is 9.59 Å². The topological polar surface area (TPSA) is 77.0 Å². The molecule has 0 spiro atoms. The Balaban J connectivity index is 1.52. The van der Waals surface area contributed by atoms with E-state index in [1.54, 1.807) is 60.5 Å². The number of hydrogen-bond acceptors (Lipinski definition) is 5. The number of benzene rings is 1. The second kappa shape index (κ2) is 7.97. The third-order valence-corrected chi connectivity index (χ3v) is 4.95. The standard InChI is InChI=1S/C21H18ClN3O4/c1-24-10-2-4-17(24)21(27)29-13-20(26)25-18(19-5-3-11-28-19)12-16(23-25)14-6-8-15(22)9-7-14/h2-11,18H,12-13H2,1H3. The number of carbonyl (C=O) groups is 2. The Morgan fingerprint density at radius 1 is 1.21 bits per heavy atom. The highest BCUT2D eigenvalue weighted by Crippen LogP contribution is 2.33. The van der Waals surface area contributed by atoms with Crippen molar-refractivity contribution in [3.05, 3.63) is 83.0 Å². The number of furan rings is 1. The minimum absolute atomic E-state index is 0.368. The molecule has 4 rings (SSSR count). The summed E-state index contributed by atoms with van der Waals surface area (Å²) in [6.07, 6.45) is 3.76. The summed E-state index contributed by atoms with van der Waals surface area (Å²) in [6.45, 7) is -0.418. The van der Waals surface area contributed by atoms with E-state index in [-0.39, 0.29) is 0 Å². The smallest absolute Gasteiger partial charge is 0.355 e. The highest BCUT2D eigenvalue weighted by atomic mass is 35.5. The molecule has 148 valence electrons. The van der Waals surface area contributed by atoms with Gasteiger partial charge in [0, 0.05) is 24.7 Å². The molecule has 1 aliphatic rings. The molecule has 0 saturated carbocycles. The van der Waals surface area contributed by atoms with Crippen molar-refractivity contribution in [2.45, 2.75) is 12.5 Å². The molecule has 8 heteroatoms. The number of ether oxygens (including phenoxy) is 1. The van der Waals surface area contributed by atoms with Gasteiger partial charge in [0.25, 0.3) is 5.91 Å². The summed E-state index contributed by atoms with van der Waals surface area (Å²) in [5.74, 6) is -0.390. The number of halogens is 1. The fourth-order valence-electron chi connectivity index (χ4n) is 3.20. The molecular weight excluding hydrogens is 394 g/mol. The van der Waals surface area contributed by atoms with Crippen molar-refractivity contribution < 1.29 is 18.7 Å². The molecule has 1 atom stereocenters. The summed E-state index contributed by atoms with van der Waals surface area (Å²) in [7, 11) is 1.73. The molecule has 0 aliphatic carbocycles. The largest absolute Gasteiger partial charge is 0.467 e. The Morgan fingerprint density at radius 2 is 2.00 bits per heavy atom. The molecule has 0 fully saturated rings. The molecule has 1 unspecified atom stereocenters. The Bertz CT molecular complexity index is 1050. The number of aryl methyl sites for hydroxylation is 1. The van der Waals surface area contributed by atoms with E-state index in [1.807, 2.05) is 12.1 Å². The SMILES string of the molecule is Cn1cccc1C(=O)OCC(=O)N1N=C(c2ccc(Cl)cc2)CC1c1ccco1. The van der Waals surface area contributed by atoms with Crippen LogP contribution >= 0.6 is 11.6 Å². The van der Waals surface area contributed by atoms with Crippen molar-refractivity contribution in [3.63, 3.8) is 0 Å². The minimum atomic E-state index is -0.568. The molecule has 0 radical (unpaired) electrons. The molecule has 2 aromatic heterocycles. The first-order valence-electron chi connectivity index (χ1n) is 9.00. The van der Waals surface area contributed by atoms with Gasteiger partial charge in [-0.05, 0) is 42.0 Å². The summed E-state index contributed by atoms with van der Waals surface area (Å²) >= 11 is 5.96.